The first kappa shape index (κ1) is 11.6. The number of benzene rings is 1. The third kappa shape index (κ3) is 2.78. The predicted octanol–water partition coefficient (Wildman–Crippen LogP) is 1.63. The Hall–Kier alpha value is -2.43. The zero-order valence-corrected chi connectivity index (χ0v) is 8.20. The number of hydrogen-bond acceptors (Lipinski definition) is 3. The van der Waals surface area contributed by atoms with Gasteiger partial charge in [0.05, 0.1) is 11.1 Å². The van der Waals surface area contributed by atoms with Crippen LogP contribution in [0.2, 0.25) is 0 Å². The topological polar surface area (TPSA) is 87.5 Å². The average molecular weight is 219 g/mol. The highest BCUT2D eigenvalue weighted by atomic mass is 16.4. The summed E-state index contributed by atoms with van der Waals surface area (Å²) in [5, 5.41) is 16.5. The third-order valence-corrected chi connectivity index (χ3v) is 1.85. The first-order chi connectivity index (χ1) is 7.69. The SMILES string of the molecule is O=C(O)c1ccc2ncccc2c1.O=CO. The van der Waals surface area contributed by atoms with Crippen LogP contribution in [0.15, 0.2) is 36.5 Å². The van der Waals surface area contributed by atoms with Gasteiger partial charge in [0.15, 0.2) is 0 Å². The van der Waals surface area contributed by atoms with Crippen LogP contribution in [0.3, 0.4) is 0 Å². The number of carboxylic acid groups (broad SMARTS) is 2. The van der Waals surface area contributed by atoms with Crippen molar-refractivity contribution in [1.82, 2.24) is 4.98 Å². The lowest BCUT2D eigenvalue weighted by atomic mass is 10.1. The minimum Gasteiger partial charge on any atom is -0.483 e. The van der Waals surface area contributed by atoms with Gasteiger partial charge < -0.3 is 10.2 Å². The number of aromatic nitrogens is 1. The largest absolute Gasteiger partial charge is 0.483 e. The van der Waals surface area contributed by atoms with Crippen LogP contribution in [0.4, 0.5) is 0 Å². The molecule has 0 amide bonds. The molecule has 1 aromatic carbocycles. The van der Waals surface area contributed by atoms with E-state index >= 15 is 0 Å². The number of aromatic carboxylic acids is 1. The van der Waals surface area contributed by atoms with E-state index in [1.54, 1.807) is 30.5 Å². The van der Waals surface area contributed by atoms with Crippen molar-refractivity contribution < 1.29 is 19.8 Å². The van der Waals surface area contributed by atoms with Gasteiger partial charge in [0.2, 0.25) is 0 Å². The second kappa shape index (κ2) is 5.45. The zero-order valence-electron chi connectivity index (χ0n) is 8.20. The molecule has 0 aliphatic heterocycles. The fraction of sp³-hybridized carbons (Fsp3) is 0. The maximum atomic E-state index is 10.6. The molecule has 0 aliphatic carbocycles. The van der Waals surface area contributed by atoms with E-state index in [0.717, 1.165) is 10.9 Å². The summed E-state index contributed by atoms with van der Waals surface area (Å²) in [7, 11) is 0. The van der Waals surface area contributed by atoms with Crippen molar-refractivity contribution in [3.63, 3.8) is 0 Å². The highest BCUT2D eigenvalue weighted by Crippen LogP contribution is 2.12. The maximum absolute atomic E-state index is 10.6. The van der Waals surface area contributed by atoms with Crippen molar-refractivity contribution in [2.45, 2.75) is 0 Å². The quantitative estimate of drug-likeness (QED) is 0.712. The van der Waals surface area contributed by atoms with Crippen LogP contribution < -0.4 is 0 Å². The molecule has 0 aliphatic rings. The Morgan fingerprint density at radius 2 is 2.00 bits per heavy atom. The van der Waals surface area contributed by atoms with Crippen molar-refractivity contribution in [1.29, 1.82) is 0 Å². The molecule has 0 spiro atoms. The number of hydrogen-bond donors (Lipinski definition) is 2. The molecule has 0 atom stereocenters. The molecule has 5 heteroatoms. The molecule has 0 saturated heterocycles. The lowest BCUT2D eigenvalue weighted by Gasteiger charge is -1.97. The molecule has 2 N–H and O–H groups in total. The summed E-state index contributed by atoms with van der Waals surface area (Å²) in [6, 6.07) is 8.50. The number of pyridine rings is 1. The van der Waals surface area contributed by atoms with Gasteiger partial charge in [-0.25, -0.2) is 4.79 Å². The second-order valence-electron chi connectivity index (χ2n) is 2.82. The van der Waals surface area contributed by atoms with Crippen LogP contribution in [0.5, 0.6) is 0 Å². The first-order valence-electron chi connectivity index (χ1n) is 4.35. The molecule has 5 nitrogen and oxygen atoms in total. The molecular formula is C11H9NO4. The van der Waals surface area contributed by atoms with Gasteiger partial charge in [-0.05, 0) is 24.3 Å². The summed E-state index contributed by atoms with van der Waals surface area (Å²) >= 11 is 0. The Kier molecular flexibility index (Phi) is 3.97. The van der Waals surface area contributed by atoms with E-state index < -0.39 is 5.97 Å². The molecular weight excluding hydrogens is 210 g/mol. The van der Waals surface area contributed by atoms with Crippen molar-refractivity contribution >= 4 is 23.3 Å². The maximum Gasteiger partial charge on any atom is 0.335 e. The van der Waals surface area contributed by atoms with Crippen molar-refractivity contribution in [3.8, 4) is 0 Å². The Labute approximate surface area is 91.0 Å². The van der Waals surface area contributed by atoms with Gasteiger partial charge in [-0.1, -0.05) is 6.07 Å². The Balaban J connectivity index is 0.000000386. The van der Waals surface area contributed by atoms with Crippen LogP contribution >= 0.6 is 0 Å². The van der Waals surface area contributed by atoms with Crippen LogP contribution in [0.1, 0.15) is 10.4 Å². The second-order valence-corrected chi connectivity index (χ2v) is 2.82. The molecule has 0 saturated carbocycles. The van der Waals surface area contributed by atoms with E-state index in [2.05, 4.69) is 4.98 Å². The predicted molar refractivity (Wildman–Crippen MR) is 57.4 cm³/mol. The van der Waals surface area contributed by atoms with Crippen molar-refractivity contribution in [2.24, 2.45) is 0 Å². The smallest absolute Gasteiger partial charge is 0.335 e. The minimum absolute atomic E-state index is 0.250. The Morgan fingerprint density at radius 1 is 1.31 bits per heavy atom. The van der Waals surface area contributed by atoms with Crippen LogP contribution in [-0.4, -0.2) is 27.6 Å². The van der Waals surface area contributed by atoms with E-state index in [9.17, 15) is 4.79 Å². The van der Waals surface area contributed by atoms with Gasteiger partial charge >= 0.3 is 5.97 Å². The van der Waals surface area contributed by atoms with E-state index in [4.69, 9.17) is 15.0 Å². The van der Waals surface area contributed by atoms with E-state index in [-0.39, 0.29) is 6.47 Å². The summed E-state index contributed by atoms with van der Waals surface area (Å²) in [5.74, 6) is -0.911. The molecule has 2 rings (SSSR count). The fourth-order valence-electron chi connectivity index (χ4n) is 1.21. The number of fused-ring (bicyclic) bond motifs is 1. The summed E-state index contributed by atoms with van der Waals surface area (Å²) in [6.45, 7) is -0.250. The average Bonchev–Trinajstić information content (AvgIpc) is 2.29. The van der Waals surface area contributed by atoms with Crippen LogP contribution in [-0.2, 0) is 4.79 Å². The molecule has 16 heavy (non-hydrogen) atoms. The minimum atomic E-state index is -0.911. The van der Waals surface area contributed by atoms with E-state index in [1.807, 2.05) is 6.07 Å². The van der Waals surface area contributed by atoms with Gasteiger partial charge in [-0.15, -0.1) is 0 Å². The first-order valence-corrected chi connectivity index (χ1v) is 4.35. The normalized spacial score (nSPS) is 9.00. The van der Waals surface area contributed by atoms with Gasteiger partial charge in [-0.2, -0.15) is 0 Å². The molecule has 82 valence electrons. The van der Waals surface area contributed by atoms with E-state index in [0.29, 0.717) is 5.56 Å². The highest BCUT2D eigenvalue weighted by molar-refractivity contribution is 5.93. The lowest BCUT2D eigenvalue weighted by Crippen LogP contribution is -1.95. The summed E-state index contributed by atoms with van der Waals surface area (Å²) in [4.78, 5) is 23.1. The van der Waals surface area contributed by atoms with Crippen molar-refractivity contribution in [2.75, 3.05) is 0 Å². The molecule has 0 fully saturated rings. The standard InChI is InChI=1S/C10H7NO2.CH2O2/c12-10(13)8-3-4-9-7(6-8)2-1-5-11-9;2-1-3/h1-6H,(H,12,13);1H,(H,2,3). The third-order valence-electron chi connectivity index (χ3n) is 1.85. The summed E-state index contributed by atoms with van der Waals surface area (Å²) < 4.78 is 0. The van der Waals surface area contributed by atoms with Gasteiger partial charge in [0, 0.05) is 11.6 Å². The van der Waals surface area contributed by atoms with Crippen LogP contribution in [0.25, 0.3) is 10.9 Å². The molecule has 1 aromatic heterocycles. The van der Waals surface area contributed by atoms with Crippen LogP contribution in [0, 0.1) is 0 Å². The molecule has 0 unspecified atom stereocenters. The summed E-state index contributed by atoms with van der Waals surface area (Å²) in [6.07, 6.45) is 1.68. The Bertz CT molecular complexity index is 510. The monoisotopic (exact) mass is 219 g/mol. The number of carboxylic acids is 1. The fourth-order valence-corrected chi connectivity index (χ4v) is 1.21. The number of carbonyl (C=O) groups is 2. The lowest BCUT2D eigenvalue weighted by molar-refractivity contribution is -0.122. The zero-order chi connectivity index (χ0) is 12.0. The molecule has 1 heterocycles. The van der Waals surface area contributed by atoms with Crippen molar-refractivity contribution in [3.05, 3.63) is 42.1 Å². The Morgan fingerprint density at radius 3 is 2.62 bits per heavy atom. The molecule has 0 bridgehead atoms. The molecule has 2 aromatic rings. The van der Waals surface area contributed by atoms with Gasteiger partial charge in [0.1, 0.15) is 0 Å². The highest BCUT2D eigenvalue weighted by Gasteiger charge is 2.02. The molecule has 0 radical (unpaired) electrons. The van der Waals surface area contributed by atoms with Gasteiger partial charge in [0.25, 0.3) is 6.47 Å². The van der Waals surface area contributed by atoms with E-state index in [1.165, 1.54) is 0 Å². The number of nitrogens with zero attached hydrogens (tertiary/aromatic N) is 1. The summed E-state index contributed by atoms with van der Waals surface area (Å²) in [5.41, 5.74) is 1.10. The van der Waals surface area contributed by atoms with Gasteiger partial charge in [-0.3, -0.25) is 9.78 Å². The number of rotatable bonds is 1.